The molecular formula is C12H7Br3O2S. The van der Waals surface area contributed by atoms with Crippen molar-refractivity contribution in [2.75, 3.05) is 6.61 Å². The zero-order chi connectivity index (χ0) is 13.1. The fourth-order valence-corrected chi connectivity index (χ4v) is 4.06. The fraction of sp³-hybridized carbons (Fsp3) is 0.0833. The van der Waals surface area contributed by atoms with E-state index in [-0.39, 0.29) is 12.4 Å². The Balaban J connectivity index is 2.09. The molecule has 0 N–H and O–H groups in total. The monoisotopic (exact) mass is 452 g/mol. The van der Waals surface area contributed by atoms with Crippen LogP contribution in [-0.4, -0.2) is 12.4 Å². The number of hydrogen-bond donors (Lipinski definition) is 0. The predicted molar refractivity (Wildman–Crippen MR) is 83.7 cm³/mol. The molecule has 2 aromatic rings. The Morgan fingerprint density at radius 2 is 1.78 bits per heavy atom. The van der Waals surface area contributed by atoms with Crippen molar-refractivity contribution < 1.29 is 9.53 Å². The zero-order valence-corrected chi connectivity index (χ0v) is 14.5. The summed E-state index contributed by atoms with van der Waals surface area (Å²) in [6.07, 6.45) is 0. The third kappa shape index (κ3) is 3.23. The number of thiophene rings is 1. The Kier molecular flexibility index (Phi) is 5.00. The molecule has 2 rings (SSSR count). The van der Waals surface area contributed by atoms with E-state index in [0.29, 0.717) is 10.6 Å². The van der Waals surface area contributed by atoms with Crippen LogP contribution >= 0.6 is 59.1 Å². The molecule has 0 spiro atoms. The first-order valence-corrected chi connectivity index (χ1v) is 8.18. The van der Waals surface area contributed by atoms with E-state index in [2.05, 4.69) is 47.8 Å². The highest BCUT2D eigenvalue weighted by atomic mass is 79.9. The van der Waals surface area contributed by atoms with E-state index >= 15 is 0 Å². The molecule has 0 bridgehead atoms. The second-order valence-corrected chi connectivity index (χ2v) is 6.84. The summed E-state index contributed by atoms with van der Waals surface area (Å²) in [5, 5.41) is 1.87. The van der Waals surface area contributed by atoms with Gasteiger partial charge >= 0.3 is 0 Å². The number of carbonyl (C=O) groups excluding carboxylic acids is 1. The van der Waals surface area contributed by atoms with E-state index in [4.69, 9.17) is 4.74 Å². The maximum Gasteiger partial charge on any atom is 0.211 e. The quantitative estimate of drug-likeness (QED) is 0.586. The van der Waals surface area contributed by atoms with Gasteiger partial charge in [0, 0.05) is 4.47 Å². The summed E-state index contributed by atoms with van der Waals surface area (Å²) in [7, 11) is 0. The first-order chi connectivity index (χ1) is 8.59. The summed E-state index contributed by atoms with van der Waals surface area (Å²) >= 11 is 11.5. The molecule has 0 fully saturated rings. The molecule has 1 aromatic carbocycles. The molecule has 0 amide bonds. The topological polar surface area (TPSA) is 26.3 Å². The summed E-state index contributed by atoms with van der Waals surface area (Å²) in [4.78, 5) is 12.6. The molecule has 0 atom stereocenters. The van der Waals surface area contributed by atoms with Crippen molar-refractivity contribution in [3.05, 3.63) is 47.9 Å². The zero-order valence-electron chi connectivity index (χ0n) is 8.95. The van der Waals surface area contributed by atoms with Crippen molar-refractivity contribution in [3.63, 3.8) is 0 Å². The molecule has 18 heavy (non-hydrogen) atoms. The first-order valence-electron chi connectivity index (χ1n) is 4.92. The summed E-state index contributed by atoms with van der Waals surface area (Å²) in [6, 6.07) is 7.47. The highest BCUT2D eigenvalue weighted by molar-refractivity contribution is 9.11. The van der Waals surface area contributed by atoms with E-state index in [1.165, 1.54) is 11.3 Å². The Hall–Kier alpha value is -0.170. The van der Waals surface area contributed by atoms with Crippen LogP contribution in [0.5, 0.6) is 5.75 Å². The average molecular weight is 455 g/mol. The van der Waals surface area contributed by atoms with Crippen LogP contribution in [0.1, 0.15) is 9.67 Å². The number of benzene rings is 1. The van der Waals surface area contributed by atoms with Crippen molar-refractivity contribution in [1.82, 2.24) is 0 Å². The van der Waals surface area contributed by atoms with Crippen molar-refractivity contribution in [3.8, 4) is 5.75 Å². The normalized spacial score (nSPS) is 10.4. The number of ketones is 1. The van der Waals surface area contributed by atoms with Crippen LogP contribution in [0.2, 0.25) is 0 Å². The number of hydrogen-bond acceptors (Lipinski definition) is 3. The van der Waals surface area contributed by atoms with Gasteiger partial charge in [-0.3, -0.25) is 4.79 Å². The van der Waals surface area contributed by atoms with Gasteiger partial charge in [0.1, 0.15) is 5.75 Å². The minimum atomic E-state index is -0.0421. The Morgan fingerprint density at radius 1 is 1.11 bits per heavy atom. The third-order valence-electron chi connectivity index (χ3n) is 2.14. The average Bonchev–Trinajstić information content (AvgIpc) is 2.74. The van der Waals surface area contributed by atoms with Gasteiger partial charge in [-0.15, -0.1) is 11.3 Å². The largest absolute Gasteiger partial charge is 0.483 e. The third-order valence-corrected chi connectivity index (χ3v) is 5.26. The summed E-state index contributed by atoms with van der Waals surface area (Å²) in [6.45, 7) is 0.0142. The van der Waals surface area contributed by atoms with Crippen LogP contribution in [0.25, 0.3) is 0 Å². The smallest absolute Gasteiger partial charge is 0.211 e. The molecule has 1 heterocycles. The molecule has 0 aliphatic heterocycles. The van der Waals surface area contributed by atoms with E-state index in [9.17, 15) is 4.79 Å². The second-order valence-electron chi connectivity index (χ2n) is 3.36. The van der Waals surface area contributed by atoms with Gasteiger partial charge in [0.05, 0.1) is 13.8 Å². The van der Waals surface area contributed by atoms with Crippen LogP contribution in [-0.2, 0) is 0 Å². The van der Waals surface area contributed by atoms with E-state index in [1.807, 2.05) is 29.6 Å². The standard InChI is InChI=1S/C12H7Br3O2S/c13-7-2-1-3-8(14)11(7)17-6-10(16)12-9(15)4-5-18-12/h1-5H,6H2. The van der Waals surface area contributed by atoms with Crippen LogP contribution < -0.4 is 4.74 Å². The van der Waals surface area contributed by atoms with Crippen molar-refractivity contribution in [2.45, 2.75) is 0 Å². The van der Waals surface area contributed by atoms with Crippen LogP contribution in [0.15, 0.2) is 43.1 Å². The number of ether oxygens (including phenoxy) is 1. The molecule has 6 heteroatoms. The number of Topliss-reactive ketones (excluding diaryl/α,β-unsaturated/α-hetero) is 1. The predicted octanol–water partition coefficient (Wildman–Crippen LogP) is 5.30. The molecule has 94 valence electrons. The van der Waals surface area contributed by atoms with Gasteiger partial charge in [-0.2, -0.15) is 0 Å². The maximum absolute atomic E-state index is 11.9. The summed E-state index contributed by atoms with van der Waals surface area (Å²) in [5.74, 6) is 0.595. The number of halogens is 3. The lowest BCUT2D eigenvalue weighted by Crippen LogP contribution is -2.11. The molecule has 1 aromatic heterocycles. The lowest BCUT2D eigenvalue weighted by atomic mass is 10.3. The van der Waals surface area contributed by atoms with Gasteiger partial charge in [0.25, 0.3) is 0 Å². The van der Waals surface area contributed by atoms with Gasteiger partial charge in [-0.25, -0.2) is 0 Å². The van der Waals surface area contributed by atoms with Crippen molar-refractivity contribution >= 4 is 64.9 Å². The molecular weight excluding hydrogens is 448 g/mol. The van der Waals surface area contributed by atoms with Gasteiger partial charge in [-0.05, 0) is 71.4 Å². The van der Waals surface area contributed by atoms with Gasteiger partial charge in [-0.1, -0.05) is 6.07 Å². The molecule has 0 aliphatic carbocycles. The number of rotatable bonds is 4. The summed E-state index contributed by atoms with van der Waals surface area (Å²) < 4.78 is 7.99. The minimum absolute atomic E-state index is 0.0142. The van der Waals surface area contributed by atoms with Gasteiger partial charge in [0.2, 0.25) is 5.78 Å². The van der Waals surface area contributed by atoms with E-state index in [1.54, 1.807) is 0 Å². The maximum atomic E-state index is 11.9. The highest BCUT2D eigenvalue weighted by Gasteiger charge is 2.14. The Labute approximate surface area is 134 Å². The molecule has 0 unspecified atom stereocenters. The number of para-hydroxylation sites is 1. The van der Waals surface area contributed by atoms with Crippen LogP contribution in [0.4, 0.5) is 0 Å². The van der Waals surface area contributed by atoms with Gasteiger partial charge < -0.3 is 4.74 Å². The molecule has 0 saturated heterocycles. The fourth-order valence-electron chi connectivity index (χ4n) is 1.32. The van der Waals surface area contributed by atoms with Crippen LogP contribution in [0, 0.1) is 0 Å². The number of carbonyl (C=O) groups is 1. The van der Waals surface area contributed by atoms with E-state index < -0.39 is 0 Å². The lowest BCUT2D eigenvalue weighted by Gasteiger charge is -2.09. The first kappa shape index (κ1) is 14.2. The highest BCUT2D eigenvalue weighted by Crippen LogP contribution is 2.33. The second kappa shape index (κ2) is 6.32. The van der Waals surface area contributed by atoms with Crippen molar-refractivity contribution in [1.29, 1.82) is 0 Å². The summed E-state index contributed by atoms with van der Waals surface area (Å²) in [5.41, 5.74) is 0. The van der Waals surface area contributed by atoms with Crippen molar-refractivity contribution in [2.24, 2.45) is 0 Å². The molecule has 0 saturated carbocycles. The lowest BCUT2D eigenvalue weighted by molar-refractivity contribution is 0.0924. The van der Waals surface area contributed by atoms with Gasteiger partial charge in [0.15, 0.2) is 6.61 Å². The van der Waals surface area contributed by atoms with Crippen LogP contribution in [0.3, 0.4) is 0 Å². The minimum Gasteiger partial charge on any atom is -0.483 e. The Bertz CT molecular complexity index is 560. The molecule has 2 nitrogen and oxygen atoms in total. The SMILES string of the molecule is O=C(COc1c(Br)cccc1Br)c1sccc1Br. The Morgan fingerprint density at radius 3 is 2.33 bits per heavy atom. The molecule has 0 radical (unpaired) electrons. The van der Waals surface area contributed by atoms with E-state index in [0.717, 1.165) is 13.4 Å². The molecule has 0 aliphatic rings.